The summed E-state index contributed by atoms with van der Waals surface area (Å²) in [6.07, 6.45) is 0. The molecule has 2 rings (SSSR count). The van der Waals surface area contributed by atoms with Crippen LogP contribution in [0, 0.1) is 6.92 Å². The minimum Gasteiger partial charge on any atom is -0.488 e. The first-order chi connectivity index (χ1) is 9.85. The molecule has 0 spiro atoms. The van der Waals surface area contributed by atoms with E-state index in [1.54, 1.807) is 0 Å². The Bertz CT molecular complexity index is 584. The summed E-state index contributed by atoms with van der Waals surface area (Å²) in [7, 11) is 0. The topological polar surface area (TPSA) is 21.3 Å². The van der Waals surface area contributed by atoms with E-state index in [0.29, 0.717) is 0 Å². The number of benzene rings is 2. The molecule has 112 valence electrons. The van der Waals surface area contributed by atoms with E-state index in [4.69, 9.17) is 4.74 Å². The largest absolute Gasteiger partial charge is 0.488 e. The van der Waals surface area contributed by atoms with Crippen LogP contribution in [0.4, 0.5) is 5.69 Å². The van der Waals surface area contributed by atoms with Gasteiger partial charge in [0.2, 0.25) is 0 Å². The minimum atomic E-state index is -0.168. The van der Waals surface area contributed by atoms with Crippen molar-refractivity contribution in [1.82, 2.24) is 0 Å². The van der Waals surface area contributed by atoms with Crippen molar-refractivity contribution in [2.45, 2.75) is 46.3 Å². The Balaban J connectivity index is 2.11. The second kappa shape index (κ2) is 6.21. The van der Waals surface area contributed by atoms with Crippen molar-refractivity contribution in [3.05, 3.63) is 59.7 Å². The number of hydrogen-bond acceptors (Lipinski definition) is 2. The van der Waals surface area contributed by atoms with Gasteiger partial charge in [0.25, 0.3) is 0 Å². The molecule has 1 atom stereocenters. The minimum absolute atomic E-state index is 0.168. The van der Waals surface area contributed by atoms with Gasteiger partial charge < -0.3 is 10.1 Å². The normalized spacial score (nSPS) is 12.8. The van der Waals surface area contributed by atoms with Crippen LogP contribution in [0.2, 0.25) is 0 Å². The molecule has 2 aromatic carbocycles. The maximum absolute atomic E-state index is 5.90. The average Bonchev–Trinajstić information content (AvgIpc) is 2.41. The number of anilines is 1. The fraction of sp³-hybridized carbons (Fsp3) is 0.368. The van der Waals surface area contributed by atoms with E-state index >= 15 is 0 Å². The van der Waals surface area contributed by atoms with Crippen LogP contribution in [0.3, 0.4) is 0 Å². The SMILES string of the molecule is Cc1cc(OC(C)(C)C)ccc1NC(C)c1ccccc1. The summed E-state index contributed by atoms with van der Waals surface area (Å²) in [5.74, 6) is 0.915. The van der Waals surface area contributed by atoms with Gasteiger partial charge in [-0.25, -0.2) is 0 Å². The van der Waals surface area contributed by atoms with E-state index in [2.05, 4.69) is 76.3 Å². The molecular formula is C19H25NO. The van der Waals surface area contributed by atoms with Gasteiger partial charge in [0.15, 0.2) is 0 Å². The standard InChI is InChI=1S/C19H25NO/c1-14-13-17(21-19(3,4)5)11-12-18(14)20-15(2)16-9-7-6-8-10-16/h6-13,15,20H,1-5H3. The van der Waals surface area contributed by atoms with Crippen LogP contribution in [-0.4, -0.2) is 5.60 Å². The molecule has 2 aromatic rings. The zero-order valence-electron chi connectivity index (χ0n) is 13.6. The molecule has 0 saturated heterocycles. The van der Waals surface area contributed by atoms with Gasteiger partial charge in [0.05, 0.1) is 0 Å². The summed E-state index contributed by atoms with van der Waals surface area (Å²) < 4.78 is 5.90. The van der Waals surface area contributed by atoms with E-state index in [1.165, 1.54) is 11.1 Å². The third kappa shape index (κ3) is 4.52. The fourth-order valence-corrected chi connectivity index (χ4v) is 2.27. The van der Waals surface area contributed by atoms with Crippen LogP contribution >= 0.6 is 0 Å². The number of rotatable bonds is 4. The van der Waals surface area contributed by atoms with Crippen LogP contribution in [0.5, 0.6) is 5.75 Å². The molecule has 21 heavy (non-hydrogen) atoms. The van der Waals surface area contributed by atoms with Gasteiger partial charge in [-0.2, -0.15) is 0 Å². The van der Waals surface area contributed by atoms with Gasteiger partial charge in [-0.1, -0.05) is 30.3 Å². The quantitative estimate of drug-likeness (QED) is 0.817. The van der Waals surface area contributed by atoms with E-state index in [1.807, 2.05) is 12.1 Å². The molecule has 0 amide bonds. The molecule has 0 saturated carbocycles. The Morgan fingerprint density at radius 1 is 1.00 bits per heavy atom. The van der Waals surface area contributed by atoms with Crippen LogP contribution < -0.4 is 10.1 Å². The zero-order valence-corrected chi connectivity index (χ0v) is 13.6. The molecule has 2 heteroatoms. The van der Waals surface area contributed by atoms with Gasteiger partial charge >= 0.3 is 0 Å². The van der Waals surface area contributed by atoms with Crippen molar-refractivity contribution in [3.8, 4) is 5.75 Å². The smallest absolute Gasteiger partial charge is 0.120 e. The highest BCUT2D eigenvalue weighted by molar-refractivity contribution is 5.54. The summed E-state index contributed by atoms with van der Waals surface area (Å²) in [4.78, 5) is 0. The van der Waals surface area contributed by atoms with Gasteiger partial charge in [-0.15, -0.1) is 0 Å². The average molecular weight is 283 g/mol. The number of aryl methyl sites for hydroxylation is 1. The molecule has 2 nitrogen and oxygen atoms in total. The molecule has 0 heterocycles. The molecule has 0 radical (unpaired) electrons. The molecule has 0 aliphatic rings. The summed E-state index contributed by atoms with van der Waals surface area (Å²) in [5.41, 5.74) is 3.46. The molecule has 0 bridgehead atoms. The summed E-state index contributed by atoms with van der Waals surface area (Å²) in [6, 6.07) is 17.0. The first-order valence-electron chi connectivity index (χ1n) is 7.46. The van der Waals surface area contributed by atoms with Crippen molar-refractivity contribution in [2.75, 3.05) is 5.32 Å². The van der Waals surface area contributed by atoms with E-state index < -0.39 is 0 Å². The third-order valence-electron chi connectivity index (χ3n) is 3.29. The van der Waals surface area contributed by atoms with E-state index in [-0.39, 0.29) is 11.6 Å². The first kappa shape index (κ1) is 15.4. The molecular weight excluding hydrogens is 258 g/mol. The zero-order chi connectivity index (χ0) is 15.5. The van der Waals surface area contributed by atoms with Crippen molar-refractivity contribution in [2.24, 2.45) is 0 Å². The molecule has 0 aliphatic heterocycles. The first-order valence-corrected chi connectivity index (χ1v) is 7.46. The molecule has 0 fully saturated rings. The van der Waals surface area contributed by atoms with E-state index in [9.17, 15) is 0 Å². The van der Waals surface area contributed by atoms with Gasteiger partial charge in [-0.3, -0.25) is 0 Å². The lowest BCUT2D eigenvalue weighted by molar-refractivity contribution is 0.131. The molecule has 0 aromatic heterocycles. The number of nitrogens with one attached hydrogen (secondary N) is 1. The van der Waals surface area contributed by atoms with E-state index in [0.717, 1.165) is 11.4 Å². The Morgan fingerprint density at radius 3 is 2.24 bits per heavy atom. The lowest BCUT2D eigenvalue weighted by Gasteiger charge is -2.23. The van der Waals surface area contributed by atoms with Gasteiger partial charge in [0.1, 0.15) is 11.4 Å². The Kier molecular flexibility index (Phi) is 4.56. The lowest BCUT2D eigenvalue weighted by atomic mass is 10.1. The predicted molar refractivity (Wildman–Crippen MR) is 90.0 cm³/mol. The maximum atomic E-state index is 5.90. The molecule has 1 unspecified atom stereocenters. The second-order valence-corrected chi connectivity index (χ2v) is 6.47. The van der Waals surface area contributed by atoms with Crippen molar-refractivity contribution in [1.29, 1.82) is 0 Å². The van der Waals surface area contributed by atoms with Crippen LogP contribution in [0.15, 0.2) is 48.5 Å². The van der Waals surface area contributed by atoms with Gasteiger partial charge in [-0.05, 0) is 63.9 Å². The molecule has 1 N–H and O–H groups in total. The monoisotopic (exact) mass is 283 g/mol. The number of ether oxygens (including phenoxy) is 1. The highest BCUT2D eigenvalue weighted by Gasteiger charge is 2.13. The lowest BCUT2D eigenvalue weighted by Crippen LogP contribution is -2.23. The fourth-order valence-electron chi connectivity index (χ4n) is 2.27. The van der Waals surface area contributed by atoms with Crippen LogP contribution in [-0.2, 0) is 0 Å². The van der Waals surface area contributed by atoms with Gasteiger partial charge in [0, 0.05) is 11.7 Å². The molecule has 0 aliphatic carbocycles. The second-order valence-electron chi connectivity index (χ2n) is 6.47. The predicted octanol–water partition coefficient (Wildman–Crippen LogP) is 5.35. The van der Waals surface area contributed by atoms with Crippen LogP contribution in [0.1, 0.15) is 44.9 Å². The van der Waals surface area contributed by atoms with Crippen LogP contribution in [0.25, 0.3) is 0 Å². The Hall–Kier alpha value is -1.96. The summed E-state index contributed by atoms with van der Waals surface area (Å²) in [6.45, 7) is 10.5. The highest BCUT2D eigenvalue weighted by atomic mass is 16.5. The Labute approximate surface area is 128 Å². The Morgan fingerprint density at radius 2 is 1.67 bits per heavy atom. The van der Waals surface area contributed by atoms with Crippen molar-refractivity contribution < 1.29 is 4.74 Å². The third-order valence-corrected chi connectivity index (χ3v) is 3.29. The maximum Gasteiger partial charge on any atom is 0.120 e. The number of hydrogen-bond donors (Lipinski definition) is 1. The summed E-state index contributed by atoms with van der Waals surface area (Å²) in [5, 5.41) is 3.56. The summed E-state index contributed by atoms with van der Waals surface area (Å²) >= 11 is 0. The highest BCUT2D eigenvalue weighted by Crippen LogP contribution is 2.27. The van der Waals surface area contributed by atoms with Crippen molar-refractivity contribution in [3.63, 3.8) is 0 Å². The van der Waals surface area contributed by atoms with Crippen molar-refractivity contribution >= 4 is 5.69 Å².